The first-order chi connectivity index (χ1) is 7.72. The van der Waals surface area contributed by atoms with Crippen molar-refractivity contribution in [1.82, 2.24) is 0 Å². The normalized spacial score (nSPS) is 12.8. The zero-order chi connectivity index (χ0) is 11.5. The molecule has 2 rings (SSSR count). The molecule has 0 aliphatic carbocycles. The molecule has 1 aromatic rings. The lowest BCUT2D eigenvalue weighted by Crippen LogP contribution is -1.96. The molecule has 1 aliphatic heterocycles. The number of carbonyl (C=O) groups excluding carboxylic acids is 2. The average molecular weight is 232 g/mol. The van der Waals surface area contributed by atoms with Gasteiger partial charge in [0.25, 0.3) is 0 Å². The van der Waals surface area contributed by atoms with Gasteiger partial charge in [0.05, 0.1) is 11.1 Å². The first-order valence-electron chi connectivity index (χ1n) is 4.72. The Balaban J connectivity index is 2.34. The monoisotopic (exact) mass is 232 g/mol. The van der Waals surface area contributed by atoms with Crippen LogP contribution in [0.2, 0.25) is 0 Å². The van der Waals surface area contributed by atoms with Crippen LogP contribution in [0, 0.1) is 11.8 Å². The van der Waals surface area contributed by atoms with Crippen LogP contribution in [-0.2, 0) is 4.74 Å². The van der Waals surface area contributed by atoms with Crippen molar-refractivity contribution in [2.24, 2.45) is 0 Å². The summed E-state index contributed by atoms with van der Waals surface area (Å²) >= 11 is 4.04. The van der Waals surface area contributed by atoms with Gasteiger partial charge in [-0.1, -0.05) is 11.8 Å². The summed E-state index contributed by atoms with van der Waals surface area (Å²) in [5.74, 6) is 5.30. The van der Waals surface area contributed by atoms with Crippen LogP contribution in [-0.4, -0.2) is 17.7 Å². The van der Waals surface area contributed by atoms with Gasteiger partial charge in [-0.25, -0.2) is 9.59 Å². The van der Waals surface area contributed by atoms with Crippen molar-refractivity contribution >= 4 is 24.6 Å². The molecule has 1 aliphatic rings. The van der Waals surface area contributed by atoms with Crippen LogP contribution in [0.15, 0.2) is 18.2 Å². The number of ether oxygens (including phenoxy) is 1. The van der Waals surface area contributed by atoms with E-state index < -0.39 is 11.9 Å². The molecule has 0 aromatic heterocycles. The lowest BCUT2D eigenvalue weighted by atomic mass is 10.1. The van der Waals surface area contributed by atoms with Gasteiger partial charge in [0, 0.05) is 17.7 Å². The number of benzene rings is 1. The number of rotatable bonds is 1. The SMILES string of the molecule is O=C1OC(=O)c2cc(C#CCCS)ccc21. The van der Waals surface area contributed by atoms with E-state index in [1.54, 1.807) is 18.2 Å². The van der Waals surface area contributed by atoms with Crippen LogP contribution in [0.5, 0.6) is 0 Å². The summed E-state index contributed by atoms with van der Waals surface area (Å²) in [6.07, 6.45) is 0.684. The molecular formula is C12H8O3S. The molecule has 1 heterocycles. The molecule has 0 saturated carbocycles. The smallest absolute Gasteiger partial charge is 0.346 e. The molecule has 3 nitrogen and oxygen atoms in total. The quantitative estimate of drug-likeness (QED) is 0.346. The largest absolute Gasteiger partial charge is 0.386 e. The minimum absolute atomic E-state index is 0.294. The number of fused-ring (bicyclic) bond motifs is 1. The minimum Gasteiger partial charge on any atom is -0.386 e. The van der Waals surface area contributed by atoms with Gasteiger partial charge in [-0.2, -0.15) is 12.6 Å². The Kier molecular flexibility index (Phi) is 2.97. The summed E-state index contributed by atoms with van der Waals surface area (Å²) in [6, 6.07) is 4.84. The number of esters is 2. The first-order valence-corrected chi connectivity index (χ1v) is 5.36. The van der Waals surface area contributed by atoms with Crippen LogP contribution >= 0.6 is 12.6 Å². The molecule has 16 heavy (non-hydrogen) atoms. The molecule has 0 saturated heterocycles. The summed E-state index contributed by atoms with van der Waals surface area (Å²) in [5, 5.41) is 0. The van der Waals surface area contributed by atoms with Crippen LogP contribution < -0.4 is 0 Å². The first kappa shape index (κ1) is 10.8. The van der Waals surface area contributed by atoms with Gasteiger partial charge in [-0.15, -0.1) is 0 Å². The summed E-state index contributed by atoms with van der Waals surface area (Å²) in [4.78, 5) is 22.4. The summed E-state index contributed by atoms with van der Waals surface area (Å²) < 4.78 is 4.47. The fourth-order valence-corrected chi connectivity index (χ4v) is 1.50. The van der Waals surface area contributed by atoms with E-state index in [4.69, 9.17) is 0 Å². The van der Waals surface area contributed by atoms with Crippen molar-refractivity contribution in [2.45, 2.75) is 6.42 Å². The van der Waals surface area contributed by atoms with E-state index in [1.807, 2.05) is 0 Å². The maximum atomic E-state index is 11.3. The van der Waals surface area contributed by atoms with E-state index in [9.17, 15) is 9.59 Å². The molecule has 0 spiro atoms. The predicted molar refractivity (Wildman–Crippen MR) is 61.5 cm³/mol. The highest BCUT2D eigenvalue weighted by Crippen LogP contribution is 2.20. The van der Waals surface area contributed by atoms with E-state index in [0.717, 1.165) is 0 Å². The lowest BCUT2D eigenvalue weighted by Gasteiger charge is -1.93. The summed E-state index contributed by atoms with van der Waals surface area (Å²) in [7, 11) is 0. The summed E-state index contributed by atoms with van der Waals surface area (Å²) in [5.41, 5.74) is 1.31. The van der Waals surface area contributed by atoms with Gasteiger partial charge in [-0.05, 0) is 18.2 Å². The molecule has 1 aromatic carbocycles. The molecule has 0 bridgehead atoms. The van der Waals surface area contributed by atoms with Gasteiger partial charge in [-0.3, -0.25) is 0 Å². The molecule has 0 fully saturated rings. The third-order valence-corrected chi connectivity index (χ3v) is 2.34. The van der Waals surface area contributed by atoms with E-state index in [-0.39, 0.29) is 0 Å². The van der Waals surface area contributed by atoms with Crippen LogP contribution in [0.3, 0.4) is 0 Å². The molecule has 0 N–H and O–H groups in total. The zero-order valence-electron chi connectivity index (χ0n) is 8.32. The Morgan fingerprint density at radius 1 is 1.19 bits per heavy atom. The van der Waals surface area contributed by atoms with Crippen LogP contribution in [0.4, 0.5) is 0 Å². The molecule has 80 valence electrons. The molecule has 0 unspecified atom stereocenters. The van der Waals surface area contributed by atoms with Crippen molar-refractivity contribution in [3.8, 4) is 11.8 Å². The second kappa shape index (κ2) is 4.42. The maximum absolute atomic E-state index is 11.3. The van der Waals surface area contributed by atoms with Crippen molar-refractivity contribution in [2.75, 3.05) is 5.75 Å². The van der Waals surface area contributed by atoms with Gasteiger partial charge < -0.3 is 4.74 Å². The topological polar surface area (TPSA) is 43.4 Å². The van der Waals surface area contributed by atoms with Crippen molar-refractivity contribution in [3.05, 3.63) is 34.9 Å². The van der Waals surface area contributed by atoms with Gasteiger partial charge >= 0.3 is 11.9 Å². The fraction of sp³-hybridized carbons (Fsp3) is 0.167. The van der Waals surface area contributed by atoms with E-state index in [2.05, 4.69) is 29.2 Å². The Morgan fingerprint density at radius 3 is 2.69 bits per heavy atom. The average Bonchev–Trinajstić information content (AvgIpc) is 2.55. The van der Waals surface area contributed by atoms with Crippen molar-refractivity contribution < 1.29 is 14.3 Å². The number of hydrogen-bond donors (Lipinski definition) is 1. The van der Waals surface area contributed by atoms with E-state index in [1.165, 1.54) is 0 Å². The number of thiol groups is 1. The molecule has 0 amide bonds. The van der Waals surface area contributed by atoms with Crippen LogP contribution in [0.1, 0.15) is 32.7 Å². The van der Waals surface area contributed by atoms with Gasteiger partial charge in [0.1, 0.15) is 0 Å². The standard InChI is InChI=1S/C12H8O3S/c13-11-9-5-4-8(3-1-2-6-16)7-10(9)12(14)15-11/h4-5,7,16H,2,6H2. The lowest BCUT2D eigenvalue weighted by molar-refractivity contribution is 0.0444. The Bertz CT molecular complexity index is 523. The summed E-state index contributed by atoms with van der Waals surface area (Å²) in [6.45, 7) is 0. The molecule has 4 heteroatoms. The van der Waals surface area contributed by atoms with Gasteiger partial charge in [0.2, 0.25) is 0 Å². The Morgan fingerprint density at radius 2 is 1.94 bits per heavy atom. The maximum Gasteiger partial charge on any atom is 0.346 e. The third kappa shape index (κ3) is 1.95. The zero-order valence-corrected chi connectivity index (χ0v) is 9.21. The molecule has 0 radical (unpaired) electrons. The van der Waals surface area contributed by atoms with Gasteiger partial charge in [0.15, 0.2) is 0 Å². The highest BCUT2D eigenvalue weighted by Gasteiger charge is 2.29. The third-order valence-electron chi connectivity index (χ3n) is 2.11. The second-order valence-electron chi connectivity index (χ2n) is 3.21. The predicted octanol–water partition coefficient (Wildman–Crippen LogP) is 1.67. The second-order valence-corrected chi connectivity index (χ2v) is 3.66. The highest BCUT2D eigenvalue weighted by molar-refractivity contribution is 7.80. The molecular weight excluding hydrogens is 224 g/mol. The molecule has 0 atom stereocenters. The highest BCUT2D eigenvalue weighted by atomic mass is 32.1. The van der Waals surface area contributed by atoms with E-state index in [0.29, 0.717) is 28.9 Å². The van der Waals surface area contributed by atoms with E-state index >= 15 is 0 Å². The minimum atomic E-state index is -0.599. The Hall–Kier alpha value is -1.73. The van der Waals surface area contributed by atoms with Crippen molar-refractivity contribution in [3.63, 3.8) is 0 Å². The van der Waals surface area contributed by atoms with Crippen LogP contribution in [0.25, 0.3) is 0 Å². The number of hydrogen-bond acceptors (Lipinski definition) is 4. The van der Waals surface area contributed by atoms with Crippen molar-refractivity contribution in [1.29, 1.82) is 0 Å². The number of carbonyl (C=O) groups is 2. The fourth-order valence-electron chi connectivity index (χ4n) is 1.38. The number of cyclic esters (lactones) is 2. The Labute approximate surface area is 98.2 Å².